The van der Waals surface area contributed by atoms with Crippen LogP contribution in [0.1, 0.15) is 31.0 Å². The molecule has 0 saturated carbocycles. The summed E-state index contributed by atoms with van der Waals surface area (Å²) >= 11 is 11.8. The van der Waals surface area contributed by atoms with Crippen LogP contribution in [-0.2, 0) is 25.7 Å². The lowest BCUT2D eigenvalue weighted by Crippen LogP contribution is -2.68. The van der Waals surface area contributed by atoms with Crippen molar-refractivity contribution in [1.82, 2.24) is 20.3 Å². The van der Waals surface area contributed by atoms with Crippen molar-refractivity contribution in [2.45, 2.75) is 62.6 Å². The SMILES string of the molecule is CC(=O)N[C@H]1[C@H]([C@H](O)[C@H](O)CO)O[C@@](Oc2ccc(-n3cc(COC(=O)Nc4ccc(Cl)c(Cl)c4)nn3)cc2C(F)F)(C(=O)O)C[C@@H]1O. The van der Waals surface area contributed by atoms with Gasteiger partial charge in [0.2, 0.25) is 5.91 Å². The van der Waals surface area contributed by atoms with Crippen molar-refractivity contribution in [1.29, 1.82) is 0 Å². The van der Waals surface area contributed by atoms with Crippen LogP contribution < -0.4 is 15.4 Å². The fraction of sp³-hybridized carbons (Fsp3) is 0.393. The normalized spacial score (nSPS) is 22.1. The Hall–Kier alpha value is -4.17. The summed E-state index contributed by atoms with van der Waals surface area (Å²) < 4.78 is 45.7. The quantitative estimate of drug-likeness (QED) is 0.142. The Morgan fingerprint density at radius 3 is 2.52 bits per heavy atom. The maximum Gasteiger partial charge on any atom is 0.412 e. The standard InChI is InChI=1S/C28H29Cl2F2N5O11/c1-12(39)33-22-19(40)8-28(26(43)44,48-24(22)23(42)20(41)10-38)47-21-5-3-15(7-16(21)25(31)32)37-9-14(35-36-37)11-46-27(45)34-13-2-4-17(29)18(30)6-13/h2-7,9,19-20,22-25,38,40-42H,8,10-11H2,1H3,(H,33,39)(H,34,45)(H,43,44)/t19-,20+,22+,23+,24+,28+/m0/s1. The van der Waals surface area contributed by atoms with Crippen LogP contribution in [-0.4, -0.2) is 101 Å². The molecule has 20 heteroatoms. The minimum absolute atomic E-state index is 0.00992. The first-order valence-corrected chi connectivity index (χ1v) is 14.6. The van der Waals surface area contributed by atoms with Gasteiger partial charge in [-0.3, -0.25) is 10.1 Å². The fourth-order valence-corrected chi connectivity index (χ4v) is 5.01. The van der Waals surface area contributed by atoms with Crippen molar-refractivity contribution in [2.24, 2.45) is 0 Å². The van der Waals surface area contributed by atoms with Gasteiger partial charge in [0.1, 0.15) is 36.4 Å². The molecule has 2 heterocycles. The maximum atomic E-state index is 14.3. The highest BCUT2D eigenvalue weighted by Crippen LogP contribution is 2.39. The molecule has 0 radical (unpaired) electrons. The van der Waals surface area contributed by atoms with Crippen molar-refractivity contribution < 1.29 is 62.9 Å². The van der Waals surface area contributed by atoms with E-state index >= 15 is 0 Å². The van der Waals surface area contributed by atoms with Gasteiger partial charge < -0.3 is 45.1 Å². The molecular formula is C28H29Cl2F2N5O11. The van der Waals surface area contributed by atoms with Gasteiger partial charge in [0.25, 0.3) is 6.43 Å². The number of carbonyl (C=O) groups excluding carboxylic acids is 2. The Kier molecular flexibility index (Phi) is 11.7. The molecule has 0 bridgehead atoms. The second-order valence-electron chi connectivity index (χ2n) is 10.5. The monoisotopic (exact) mass is 719 g/mol. The van der Waals surface area contributed by atoms with Crippen molar-refractivity contribution in [3.8, 4) is 11.4 Å². The number of aliphatic hydroxyl groups is 4. The third-order valence-corrected chi connectivity index (χ3v) is 7.75. The molecule has 0 spiro atoms. The Bertz CT molecular complexity index is 1650. The fourth-order valence-electron chi connectivity index (χ4n) is 4.71. The van der Waals surface area contributed by atoms with E-state index in [1.165, 1.54) is 30.5 Å². The summed E-state index contributed by atoms with van der Waals surface area (Å²) in [6.07, 6.45) is -11.4. The Labute approximate surface area is 279 Å². The van der Waals surface area contributed by atoms with Crippen molar-refractivity contribution in [3.05, 3.63) is 63.9 Å². The van der Waals surface area contributed by atoms with Crippen LogP contribution in [0.3, 0.4) is 0 Å². The molecule has 1 aliphatic rings. The number of carboxylic acids is 1. The van der Waals surface area contributed by atoms with Gasteiger partial charge in [-0.2, -0.15) is 0 Å². The molecule has 2 aromatic carbocycles. The number of anilines is 1. The van der Waals surface area contributed by atoms with Crippen molar-refractivity contribution >= 4 is 46.9 Å². The van der Waals surface area contributed by atoms with Crippen LogP contribution >= 0.6 is 23.2 Å². The average molecular weight is 720 g/mol. The molecule has 0 aliphatic carbocycles. The largest absolute Gasteiger partial charge is 0.476 e. The van der Waals surface area contributed by atoms with Crippen molar-refractivity contribution in [2.75, 3.05) is 11.9 Å². The number of aromatic nitrogens is 3. The van der Waals surface area contributed by atoms with E-state index in [-0.39, 0.29) is 28.0 Å². The van der Waals surface area contributed by atoms with Crippen LogP contribution in [0.2, 0.25) is 10.0 Å². The molecule has 1 aliphatic heterocycles. The summed E-state index contributed by atoms with van der Waals surface area (Å²) in [5.41, 5.74) is -0.400. The number of rotatable bonds is 12. The summed E-state index contributed by atoms with van der Waals surface area (Å²) in [6, 6.07) is 5.99. The topological polar surface area (TPSA) is 235 Å². The number of benzene rings is 2. The van der Waals surface area contributed by atoms with Gasteiger partial charge in [-0.1, -0.05) is 28.4 Å². The van der Waals surface area contributed by atoms with E-state index in [1.807, 2.05) is 0 Å². The number of carbonyl (C=O) groups is 3. The maximum absolute atomic E-state index is 14.3. The Balaban J connectivity index is 1.54. The van der Waals surface area contributed by atoms with Crippen LogP contribution in [0.5, 0.6) is 5.75 Å². The van der Waals surface area contributed by atoms with Gasteiger partial charge >= 0.3 is 17.8 Å². The van der Waals surface area contributed by atoms with Gasteiger partial charge in [0.05, 0.1) is 52.7 Å². The first-order valence-electron chi connectivity index (χ1n) is 13.9. The van der Waals surface area contributed by atoms with Crippen LogP contribution in [0.25, 0.3) is 5.69 Å². The third kappa shape index (κ3) is 8.45. The molecule has 16 nitrogen and oxygen atoms in total. The molecule has 6 atom stereocenters. The number of aliphatic hydroxyl groups excluding tert-OH is 4. The molecule has 260 valence electrons. The second kappa shape index (κ2) is 15.4. The summed E-state index contributed by atoms with van der Waals surface area (Å²) in [5, 5.41) is 63.6. The molecule has 1 saturated heterocycles. The highest BCUT2D eigenvalue weighted by atomic mass is 35.5. The van der Waals surface area contributed by atoms with Gasteiger partial charge in [-0.15, -0.1) is 5.10 Å². The van der Waals surface area contributed by atoms with E-state index in [2.05, 4.69) is 20.9 Å². The zero-order valence-corrected chi connectivity index (χ0v) is 26.2. The predicted molar refractivity (Wildman–Crippen MR) is 160 cm³/mol. The van der Waals surface area contributed by atoms with Crippen molar-refractivity contribution in [3.63, 3.8) is 0 Å². The van der Waals surface area contributed by atoms with E-state index < -0.39 is 85.0 Å². The lowest BCUT2D eigenvalue weighted by atomic mass is 9.88. The number of nitrogens with zero attached hydrogens (tertiary/aromatic N) is 3. The molecule has 1 fully saturated rings. The molecule has 48 heavy (non-hydrogen) atoms. The zero-order chi connectivity index (χ0) is 35.3. The van der Waals surface area contributed by atoms with E-state index in [1.54, 1.807) is 0 Å². The van der Waals surface area contributed by atoms with E-state index in [0.29, 0.717) is 5.69 Å². The summed E-state index contributed by atoms with van der Waals surface area (Å²) in [5.74, 6) is -6.21. The van der Waals surface area contributed by atoms with Crippen LogP contribution in [0.4, 0.5) is 19.3 Å². The molecule has 3 aromatic rings. The highest BCUT2D eigenvalue weighted by molar-refractivity contribution is 6.42. The number of amides is 2. The predicted octanol–water partition coefficient (Wildman–Crippen LogP) is 1.79. The smallest absolute Gasteiger partial charge is 0.412 e. The number of ether oxygens (including phenoxy) is 3. The lowest BCUT2D eigenvalue weighted by Gasteiger charge is -2.46. The first-order chi connectivity index (χ1) is 22.6. The third-order valence-electron chi connectivity index (χ3n) is 7.01. The number of aliphatic carboxylic acids is 1. The minimum atomic E-state index is -3.25. The molecule has 7 N–H and O–H groups in total. The zero-order valence-electron chi connectivity index (χ0n) is 24.7. The van der Waals surface area contributed by atoms with E-state index in [9.17, 15) is 48.7 Å². The number of nitrogens with one attached hydrogen (secondary N) is 2. The van der Waals surface area contributed by atoms with Gasteiger partial charge in [0, 0.05) is 12.6 Å². The molecule has 1 aromatic heterocycles. The summed E-state index contributed by atoms with van der Waals surface area (Å²) in [4.78, 5) is 36.4. The van der Waals surface area contributed by atoms with Gasteiger partial charge in [-0.25, -0.2) is 23.1 Å². The lowest BCUT2D eigenvalue weighted by molar-refractivity contribution is -0.284. The summed E-state index contributed by atoms with van der Waals surface area (Å²) in [6.45, 7) is -0.315. The Morgan fingerprint density at radius 2 is 1.90 bits per heavy atom. The van der Waals surface area contributed by atoms with E-state index in [4.69, 9.17) is 37.4 Å². The van der Waals surface area contributed by atoms with E-state index in [0.717, 1.165) is 23.7 Å². The number of halogens is 4. The number of hydrogen-bond donors (Lipinski definition) is 7. The first kappa shape index (κ1) is 36.7. The molecular weight excluding hydrogens is 691 g/mol. The Morgan fingerprint density at radius 1 is 1.17 bits per heavy atom. The number of hydrogen-bond acceptors (Lipinski definition) is 12. The number of carboxylic acid groups (broad SMARTS) is 1. The molecule has 0 unspecified atom stereocenters. The minimum Gasteiger partial charge on any atom is -0.476 e. The number of alkyl halides is 2. The van der Waals surface area contributed by atoms with Gasteiger partial charge in [0.15, 0.2) is 0 Å². The van der Waals surface area contributed by atoms with Crippen LogP contribution in [0.15, 0.2) is 42.6 Å². The average Bonchev–Trinajstić information content (AvgIpc) is 3.51. The second-order valence-corrected chi connectivity index (χ2v) is 11.3. The molecule has 4 rings (SSSR count). The van der Waals surface area contributed by atoms with Crippen LogP contribution in [0, 0.1) is 0 Å². The molecule has 2 amide bonds. The highest BCUT2D eigenvalue weighted by Gasteiger charge is 2.57. The van der Waals surface area contributed by atoms with Gasteiger partial charge in [-0.05, 0) is 36.4 Å². The summed E-state index contributed by atoms with van der Waals surface area (Å²) in [7, 11) is 0.